The summed E-state index contributed by atoms with van der Waals surface area (Å²) in [5, 5.41) is 4.31. The monoisotopic (exact) mass is 380 g/mol. The van der Waals surface area contributed by atoms with E-state index in [1.54, 1.807) is 19.5 Å². The van der Waals surface area contributed by atoms with Crippen molar-refractivity contribution in [3.8, 4) is 11.8 Å². The van der Waals surface area contributed by atoms with E-state index in [1.807, 2.05) is 35.0 Å². The SMILES string of the molecule is COc1nccnc1OC1CCC(NC(=O)Cn2ccc3ccccc32)CC1. The molecule has 4 rings (SSSR count). The maximum absolute atomic E-state index is 12.5. The van der Waals surface area contributed by atoms with Crippen molar-refractivity contribution in [3.05, 3.63) is 48.9 Å². The van der Waals surface area contributed by atoms with Gasteiger partial charge in [0.05, 0.1) is 7.11 Å². The van der Waals surface area contributed by atoms with Gasteiger partial charge >= 0.3 is 0 Å². The predicted octanol–water partition coefficient (Wildman–Crippen LogP) is 2.95. The van der Waals surface area contributed by atoms with Gasteiger partial charge in [0, 0.05) is 30.1 Å². The summed E-state index contributed by atoms with van der Waals surface area (Å²) >= 11 is 0. The number of carbonyl (C=O) groups is 1. The summed E-state index contributed by atoms with van der Waals surface area (Å²) < 4.78 is 13.1. The highest BCUT2D eigenvalue weighted by atomic mass is 16.5. The average molecular weight is 380 g/mol. The molecule has 0 spiro atoms. The fourth-order valence-corrected chi connectivity index (χ4v) is 3.72. The summed E-state index contributed by atoms with van der Waals surface area (Å²) in [4.78, 5) is 20.8. The van der Waals surface area contributed by atoms with Gasteiger partial charge in [-0.1, -0.05) is 18.2 Å². The number of amides is 1. The van der Waals surface area contributed by atoms with Gasteiger partial charge in [0.2, 0.25) is 5.91 Å². The molecule has 2 heterocycles. The molecule has 1 amide bonds. The maximum Gasteiger partial charge on any atom is 0.278 e. The van der Waals surface area contributed by atoms with Crippen LogP contribution in [0.5, 0.6) is 11.8 Å². The number of para-hydroxylation sites is 1. The first-order valence-electron chi connectivity index (χ1n) is 9.58. The predicted molar refractivity (Wildman–Crippen MR) is 105 cm³/mol. The number of ether oxygens (including phenoxy) is 2. The molecule has 7 heteroatoms. The molecule has 1 aliphatic rings. The molecule has 0 unspecified atom stereocenters. The van der Waals surface area contributed by atoms with Gasteiger partial charge in [0.1, 0.15) is 12.6 Å². The number of hydrogen-bond donors (Lipinski definition) is 1. The Bertz CT molecular complexity index is 947. The Kier molecular flexibility index (Phi) is 5.41. The second kappa shape index (κ2) is 8.29. The summed E-state index contributed by atoms with van der Waals surface area (Å²) in [7, 11) is 1.55. The van der Waals surface area contributed by atoms with E-state index >= 15 is 0 Å². The Morgan fingerprint density at radius 2 is 1.86 bits per heavy atom. The molecular weight excluding hydrogens is 356 g/mol. The normalized spacial score (nSPS) is 19.3. The lowest BCUT2D eigenvalue weighted by Crippen LogP contribution is -2.41. The van der Waals surface area contributed by atoms with E-state index in [1.165, 1.54) is 0 Å². The fourth-order valence-electron chi connectivity index (χ4n) is 3.72. The summed E-state index contributed by atoms with van der Waals surface area (Å²) in [5.41, 5.74) is 1.08. The summed E-state index contributed by atoms with van der Waals surface area (Å²) in [6.07, 6.45) is 8.67. The minimum absolute atomic E-state index is 0.0429. The first kappa shape index (κ1) is 18.3. The topological polar surface area (TPSA) is 78.3 Å². The molecule has 146 valence electrons. The smallest absolute Gasteiger partial charge is 0.278 e. The van der Waals surface area contributed by atoms with Crippen LogP contribution in [-0.2, 0) is 11.3 Å². The summed E-state index contributed by atoms with van der Waals surface area (Å²) in [6, 6.07) is 10.3. The Hall–Kier alpha value is -3.09. The van der Waals surface area contributed by atoms with Crippen molar-refractivity contribution in [1.29, 1.82) is 0 Å². The highest BCUT2D eigenvalue weighted by molar-refractivity contribution is 5.83. The lowest BCUT2D eigenvalue weighted by Gasteiger charge is -2.29. The summed E-state index contributed by atoms with van der Waals surface area (Å²) in [6.45, 7) is 0.334. The standard InChI is InChI=1S/C21H24N4O3/c1-27-20-21(23-12-11-22-20)28-17-8-6-16(7-9-17)24-19(26)14-25-13-10-15-4-2-3-5-18(15)25/h2-5,10-13,16-17H,6-9,14H2,1H3,(H,24,26). The molecule has 7 nitrogen and oxygen atoms in total. The van der Waals surface area contributed by atoms with E-state index in [0.29, 0.717) is 18.3 Å². The zero-order valence-corrected chi connectivity index (χ0v) is 15.9. The quantitative estimate of drug-likeness (QED) is 0.711. The number of carbonyl (C=O) groups excluding carboxylic acids is 1. The van der Waals surface area contributed by atoms with Crippen molar-refractivity contribution < 1.29 is 14.3 Å². The van der Waals surface area contributed by atoms with Crippen LogP contribution in [0, 0.1) is 0 Å². The van der Waals surface area contributed by atoms with Crippen LogP contribution < -0.4 is 14.8 Å². The molecule has 1 N–H and O–H groups in total. The zero-order valence-electron chi connectivity index (χ0n) is 15.9. The molecule has 0 atom stereocenters. The highest BCUT2D eigenvalue weighted by Crippen LogP contribution is 2.27. The van der Waals surface area contributed by atoms with E-state index < -0.39 is 0 Å². The van der Waals surface area contributed by atoms with Gasteiger partial charge in [0.15, 0.2) is 0 Å². The van der Waals surface area contributed by atoms with Crippen molar-refractivity contribution in [2.24, 2.45) is 0 Å². The summed E-state index contributed by atoms with van der Waals surface area (Å²) in [5.74, 6) is 0.871. The Morgan fingerprint density at radius 1 is 1.11 bits per heavy atom. The van der Waals surface area contributed by atoms with Crippen LogP contribution in [0.3, 0.4) is 0 Å². The Labute approximate surface area is 163 Å². The first-order valence-corrected chi connectivity index (χ1v) is 9.58. The van der Waals surface area contributed by atoms with Gasteiger partial charge in [-0.25, -0.2) is 9.97 Å². The largest absolute Gasteiger partial charge is 0.477 e. The van der Waals surface area contributed by atoms with E-state index in [0.717, 1.165) is 36.6 Å². The van der Waals surface area contributed by atoms with Crippen LogP contribution in [-0.4, -0.2) is 39.7 Å². The van der Waals surface area contributed by atoms with Gasteiger partial charge in [-0.05, 0) is 43.2 Å². The zero-order chi connectivity index (χ0) is 19.3. The molecule has 0 saturated heterocycles. The number of nitrogens with one attached hydrogen (secondary N) is 1. The van der Waals surface area contributed by atoms with E-state index in [4.69, 9.17) is 9.47 Å². The first-order chi connectivity index (χ1) is 13.7. The van der Waals surface area contributed by atoms with Crippen LogP contribution in [0.1, 0.15) is 25.7 Å². The number of methoxy groups -OCH3 is 1. The third-order valence-corrected chi connectivity index (χ3v) is 5.14. The van der Waals surface area contributed by atoms with Crippen molar-refractivity contribution in [2.75, 3.05) is 7.11 Å². The molecule has 1 aromatic carbocycles. The van der Waals surface area contributed by atoms with Crippen LogP contribution in [0.15, 0.2) is 48.9 Å². The molecule has 1 fully saturated rings. The molecule has 1 aliphatic carbocycles. The third kappa shape index (κ3) is 4.08. The van der Waals surface area contributed by atoms with E-state index in [-0.39, 0.29) is 18.1 Å². The van der Waals surface area contributed by atoms with Crippen molar-refractivity contribution in [1.82, 2.24) is 19.9 Å². The second-order valence-corrected chi connectivity index (χ2v) is 7.03. The molecule has 2 aromatic heterocycles. The number of aromatic nitrogens is 3. The van der Waals surface area contributed by atoms with E-state index in [9.17, 15) is 4.79 Å². The van der Waals surface area contributed by atoms with Crippen molar-refractivity contribution >= 4 is 16.8 Å². The average Bonchev–Trinajstić information content (AvgIpc) is 3.13. The third-order valence-electron chi connectivity index (χ3n) is 5.14. The van der Waals surface area contributed by atoms with Crippen molar-refractivity contribution in [3.63, 3.8) is 0 Å². The second-order valence-electron chi connectivity index (χ2n) is 7.03. The molecule has 0 aliphatic heterocycles. The van der Waals surface area contributed by atoms with E-state index in [2.05, 4.69) is 21.4 Å². The van der Waals surface area contributed by atoms with Crippen LogP contribution in [0.25, 0.3) is 10.9 Å². The van der Waals surface area contributed by atoms with Gasteiger partial charge < -0.3 is 19.4 Å². The molecule has 0 radical (unpaired) electrons. The molecular formula is C21H24N4O3. The number of nitrogens with zero attached hydrogens (tertiary/aromatic N) is 3. The van der Waals surface area contributed by atoms with Crippen molar-refractivity contribution in [2.45, 2.75) is 44.4 Å². The molecule has 1 saturated carbocycles. The lowest BCUT2D eigenvalue weighted by atomic mass is 9.93. The Morgan fingerprint density at radius 3 is 2.64 bits per heavy atom. The number of rotatable bonds is 6. The number of fused-ring (bicyclic) bond motifs is 1. The minimum Gasteiger partial charge on any atom is -0.477 e. The van der Waals surface area contributed by atoms with Crippen LogP contribution in [0.2, 0.25) is 0 Å². The molecule has 28 heavy (non-hydrogen) atoms. The number of benzene rings is 1. The van der Waals surface area contributed by atoms with Gasteiger partial charge in [-0.2, -0.15) is 0 Å². The van der Waals surface area contributed by atoms with Crippen LogP contribution >= 0.6 is 0 Å². The lowest BCUT2D eigenvalue weighted by molar-refractivity contribution is -0.122. The molecule has 0 bridgehead atoms. The molecule has 3 aromatic rings. The highest BCUT2D eigenvalue weighted by Gasteiger charge is 2.25. The minimum atomic E-state index is 0.0429. The maximum atomic E-state index is 12.5. The Balaban J connectivity index is 1.28. The van der Waals surface area contributed by atoms with Gasteiger partial charge in [0.25, 0.3) is 11.8 Å². The fraction of sp³-hybridized carbons (Fsp3) is 0.381. The van der Waals surface area contributed by atoms with Gasteiger partial charge in [-0.15, -0.1) is 0 Å². The van der Waals surface area contributed by atoms with Gasteiger partial charge in [-0.3, -0.25) is 4.79 Å². The number of hydrogen-bond acceptors (Lipinski definition) is 5. The van der Waals surface area contributed by atoms with Crippen LogP contribution in [0.4, 0.5) is 0 Å².